The molecule has 5 heterocycles. The second kappa shape index (κ2) is 11.9. The Bertz CT molecular complexity index is 1270. The predicted molar refractivity (Wildman–Crippen MR) is 172 cm³/mol. The zero-order valence-electron chi connectivity index (χ0n) is 26.9. The summed E-state index contributed by atoms with van der Waals surface area (Å²) >= 11 is 0. The van der Waals surface area contributed by atoms with Gasteiger partial charge in [-0.15, -0.1) is 0 Å². The molecule has 0 aromatic rings. The molecule has 0 aromatic heterocycles. The van der Waals surface area contributed by atoms with Crippen molar-refractivity contribution in [2.45, 2.75) is 108 Å². The van der Waals surface area contributed by atoms with Crippen LogP contribution in [-0.2, 0) is 14.6 Å². The molecular formula is C33H53N5O4S. The van der Waals surface area contributed by atoms with Gasteiger partial charge in [0, 0.05) is 56.8 Å². The first kappa shape index (κ1) is 31.2. The highest BCUT2D eigenvalue weighted by Gasteiger charge is 2.45. The number of likely N-dealkylation sites (tertiary alicyclic amines) is 1. The first-order valence-corrected chi connectivity index (χ1v) is 18.5. The normalized spacial score (nSPS) is 43.7. The summed E-state index contributed by atoms with van der Waals surface area (Å²) in [7, 11) is -0.950. The van der Waals surface area contributed by atoms with Crippen LogP contribution in [0.15, 0.2) is 33.9 Å². The van der Waals surface area contributed by atoms with Crippen LogP contribution in [-0.4, -0.2) is 110 Å². The van der Waals surface area contributed by atoms with Gasteiger partial charge in [-0.05, 0) is 75.2 Å². The number of amidine groups is 1. The van der Waals surface area contributed by atoms with Crippen LogP contribution in [0.3, 0.4) is 0 Å². The van der Waals surface area contributed by atoms with Gasteiger partial charge in [-0.1, -0.05) is 32.9 Å². The molecule has 2 N–H and O–H groups in total. The third kappa shape index (κ3) is 6.36. The number of likely N-dealkylation sites (N-methyl/N-ethyl adjacent to an activating group) is 1. The third-order valence-corrected chi connectivity index (χ3v) is 13.3. The van der Waals surface area contributed by atoms with Gasteiger partial charge in [0.2, 0.25) is 0 Å². The van der Waals surface area contributed by atoms with Crippen molar-refractivity contribution in [2.75, 3.05) is 32.9 Å². The van der Waals surface area contributed by atoms with E-state index < -0.39 is 21.3 Å². The van der Waals surface area contributed by atoms with Crippen molar-refractivity contribution in [1.82, 2.24) is 15.1 Å². The molecule has 0 spiro atoms. The lowest BCUT2D eigenvalue weighted by molar-refractivity contribution is -0.0156. The topological polar surface area (TPSA) is 107 Å². The van der Waals surface area contributed by atoms with E-state index in [0.717, 1.165) is 51.0 Å². The first-order chi connectivity index (χ1) is 20.3. The third-order valence-electron chi connectivity index (χ3n) is 11.6. The number of nitrogens with one attached hydrogen (secondary N) is 1. The Kier molecular flexibility index (Phi) is 8.63. The highest BCUT2D eigenvalue weighted by Crippen LogP contribution is 2.41. The van der Waals surface area contributed by atoms with Gasteiger partial charge in [0.25, 0.3) is 0 Å². The van der Waals surface area contributed by atoms with Gasteiger partial charge in [0.1, 0.15) is 12.1 Å². The molecule has 1 aliphatic carbocycles. The second-order valence-corrected chi connectivity index (χ2v) is 17.2. The van der Waals surface area contributed by atoms with Crippen LogP contribution in [0.1, 0.15) is 66.2 Å². The summed E-state index contributed by atoms with van der Waals surface area (Å²) in [6.45, 7) is 11.0. The lowest BCUT2D eigenvalue weighted by Gasteiger charge is -2.49. The number of aliphatic imine (C=N–C) groups is 2. The molecule has 12 atom stereocenters. The van der Waals surface area contributed by atoms with Crippen LogP contribution in [0.5, 0.6) is 0 Å². The minimum atomic E-state index is -3.17. The van der Waals surface area contributed by atoms with Gasteiger partial charge >= 0.3 is 0 Å². The van der Waals surface area contributed by atoms with Crippen molar-refractivity contribution in [2.24, 2.45) is 39.6 Å². The van der Waals surface area contributed by atoms with E-state index >= 15 is 0 Å². The van der Waals surface area contributed by atoms with Crippen LogP contribution in [0, 0.1) is 29.6 Å². The van der Waals surface area contributed by atoms with E-state index in [1.54, 1.807) is 0 Å². The number of ether oxygens (including phenoxy) is 1. The first-order valence-electron chi connectivity index (χ1n) is 16.6. The van der Waals surface area contributed by atoms with Gasteiger partial charge in [-0.25, -0.2) is 8.42 Å². The number of hydrogen-bond donors (Lipinski definition) is 2. The Morgan fingerprint density at radius 3 is 2.60 bits per heavy atom. The average molecular weight is 616 g/mol. The number of nitrogens with zero attached hydrogens (tertiary/aromatic N) is 4. The molecule has 2 bridgehead atoms. The number of dihydropyridines is 1. The van der Waals surface area contributed by atoms with Crippen LogP contribution < -0.4 is 5.32 Å². The minimum absolute atomic E-state index is 0.0881. The van der Waals surface area contributed by atoms with E-state index in [4.69, 9.17) is 14.7 Å². The molecule has 0 amide bonds. The average Bonchev–Trinajstić information content (AvgIpc) is 3.31. The smallest absolute Gasteiger partial charge is 0.150 e. The number of rotatable bonds is 6. The molecule has 1 saturated carbocycles. The molecule has 2 saturated heterocycles. The van der Waals surface area contributed by atoms with Crippen LogP contribution in [0.4, 0.5) is 0 Å². The summed E-state index contributed by atoms with van der Waals surface area (Å²) in [5.41, 5.74) is 0.936. The standard InChI is InChI=1S/C33H53N5O4S/c1-20-12-23(14-30(22(20)3)43(6,40)41)32(39)34-19-33(4)15-29-26(16-35-33)21(2)13-28(37(29)5)27-8-7-9-31(36-27)38-17-24-10-11-25(18-38)42-24/h7,9,13,16,20-27,29-30,32,34,39H,8,10-12,14-15,17-19H2,1-6H3. The molecule has 0 aromatic carbocycles. The summed E-state index contributed by atoms with van der Waals surface area (Å²) in [5, 5.41) is 14.2. The zero-order valence-corrected chi connectivity index (χ0v) is 27.7. The zero-order chi connectivity index (χ0) is 30.7. The molecule has 3 fully saturated rings. The largest absolute Gasteiger partial charge is 0.378 e. The summed E-state index contributed by atoms with van der Waals surface area (Å²) in [4.78, 5) is 15.2. The number of aliphatic hydroxyl groups is 1. The molecule has 240 valence electrons. The fraction of sp³-hybridized carbons (Fsp3) is 0.818. The Morgan fingerprint density at radius 2 is 1.91 bits per heavy atom. The van der Waals surface area contributed by atoms with E-state index in [1.807, 2.05) is 6.92 Å². The molecule has 12 unspecified atom stereocenters. The van der Waals surface area contributed by atoms with Crippen molar-refractivity contribution < 1.29 is 18.3 Å². The lowest BCUT2D eigenvalue weighted by atomic mass is 9.74. The summed E-state index contributed by atoms with van der Waals surface area (Å²) < 4.78 is 31.0. The Morgan fingerprint density at radius 1 is 1.19 bits per heavy atom. The monoisotopic (exact) mass is 615 g/mol. The van der Waals surface area contributed by atoms with Crippen LogP contribution in [0.2, 0.25) is 0 Å². The molecule has 43 heavy (non-hydrogen) atoms. The maximum absolute atomic E-state index is 12.5. The van der Waals surface area contributed by atoms with Crippen LogP contribution >= 0.6 is 0 Å². The predicted octanol–water partition coefficient (Wildman–Crippen LogP) is 3.26. The molecule has 6 aliphatic rings. The molecule has 10 heteroatoms. The number of fused-ring (bicyclic) bond motifs is 3. The van der Waals surface area contributed by atoms with Crippen LogP contribution in [0.25, 0.3) is 0 Å². The minimum Gasteiger partial charge on any atom is -0.378 e. The van der Waals surface area contributed by atoms with E-state index in [0.29, 0.717) is 43.1 Å². The Hall–Kier alpha value is -1.75. The molecule has 9 nitrogen and oxygen atoms in total. The molecule has 6 rings (SSSR count). The lowest BCUT2D eigenvalue weighted by Crippen LogP contribution is -2.56. The van der Waals surface area contributed by atoms with E-state index in [1.165, 1.54) is 12.0 Å². The van der Waals surface area contributed by atoms with Gasteiger partial charge in [-0.3, -0.25) is 15.3 Å². The quantitative estimate of drug-likeness (QED) is 0.442. The number of allylic oxidation sites excluding steroid dienone is 1. The van der Waals surface area contributed by atoms with Gasteiger partial charge < -0.3 is 19.6 Å². The molecular weight excluding hydrogens is 562 g/mol. The number of morpholine rings is 1. The summed E-state index contributed by atoms with van der Waals surface area (Å²) in [6, 6.07) is 0.405. The molecule has 5 aliphatic heterocycles. The fourth-order valence-electron chi connectivity index (χ4n) is 8.75. The van der Waals surface area contributed by atoms with E-state index in [-0.39, 0.29) is 29.3 Å². The second-order valence-electron chi connectivity index (χ2n) is 15.0. The van der Waals surface area contributed by atoms with Gasteiger partial charge in [0.05, 0.1) is 29.0 Å². The van der Waals surface area contributed by atoms with Crippen molar-refractivity contribution in [3.8, 4) is 0 Å². The van der Waals surface area contributed by atoms with Crippen molar-refractivity contribution in [3.05, 3.63) is 23.9 Å². The summed E-state index contributed by atoms with van der Waals surface area (Å²) in [5.74, 6) is 2.06. The van der Waals surface area contributed by atoms with E-state index in [9.17, 15) is 13.5 Å². The number of sulfone groups is 1. The number of aliphatic hydroxyl groups excluding tert-OH is 1. The number of hydrogen-bond acceptors (Lipinski definition) is 9. The van der Waals surface area contributed by atoms with Crippen molar-refractivity contribution >= 4 is 21.9 Å². The van der Waals surface area contributed by atoms with E-state index in [2.05, 4.69) is 67.4 Å². The highest BCUT2D eigenvalue weighted by molar-refractivity contribution is 7.91. The van der Waals surface area contributed by atoms with Gasteiger partial charge in [-0.2, -0.15) is 0 Å². The Balaban J connectivity index is 1.11. The maximum atomic E-state index is 12.5. The highest BCUT2D eigenvalue weighted by atomic mass is 32.2. The maximum Gasteiger partial charge on any atom is 0.150 e. The van der Waals surface area contributed by atoms with Crippen molar-refractivity contribution in [1.29, 1.82) is 0 Å². The SMILES string of the molecule is CC1C=C(C2CC=CC(N3CC4CCC(C3)O4)=N2)N(C)C2CC(C)(CNC(O)C3CC(C)C(C)C(S(C)(=O)=O)C3)N=CC12. The van der Waals surface area contributed by atoms with Gasteiger partial charge in [0.15, 0.2) is 9.84 Å². The summed E-state index contributed by atoms with van der Waals surface area (Å²) in [6.07, 6.45) is 15.7. The fourth-order valence-corrected chi connectivity index (χ4v) is 10.4. The molecule has 0 radical (unpaired) electrons. The Labute approximate surface area is 258 Å². The van der Waals surface area contributed by atoms with Crippen molar-refractivity contribution in [3.63, 3.8) is 0 Å².